The van der Waals surface area contributed by atoms with E-state index >= 15 is 0 Å². The van der Waals surface area contributed by atoms with Gasteiger partial charge in [0, 0.05) is 4.75 Å². The Bertz CT molecular complexity index is 1090. The molecule has 3 aliphatic rings. The smallest absolute Gasteiger partial charge is 0.250 e. The Labute approximate surface area is 209 Å². The fourth-order valence-corrected chi connectivity index (χ4v) is 7.12. The molecule has 4 heterocycles. The van der Waals surface area contributed by atoms with Gasteiger partial charge in [-0.2, -0.15) is 5.21 Å². The van der Waals surface area contributed by atoms with E-state index in [4.69, 9.17) is 4.74 Å². The van der Waals surface area contributed by atoms with Gasteiger partial charge in [0.25, 0.3) is 0 Å². The number of carbonyl (C=O) groups excluding carboxylic acids is 2. The Morgan fingerprint density at radius 3 is 2.49 bits per heavy atom. The third kappa shape index (κ3) is 3.98. The number of H-pyrrole nitrogens is 1. The van der Waals surface area contributed by atoms with Gasteiger partial charge in [-0.15, -0.1) is 22.0 Å². The van der Waals surface area contributed by atoms with Crippen LogP contribution in [-0.2, 0) is 9.59 Å². The van der Waals surface area contributed by atoms with E-state index in [9.17, 15) is 9.59 Å². The zero-order valence-corrected chi connectivity index (χ0v) is 21.6. The van der Waals surface area contributed by atoms with E-state index in [1.807, 2.05) is 43.0 Å². The molecule has 4 unspecified atom stereocenters. The first-order valence-corrected chi connectivity index (χ1v) is 13.1. The lowest BCUT2D eigenvalue weighted by Crippen LogP contribution is -2.71. The monoisotopic (exact) mass is 499 g/mol. The van der Waals surface area contributed by atoms with Gasteiger partial charge in [0.1, 0.15) is 29.2 Å². The lowest BCUT2D eigenvalue weighted by Gasteiger charge is -2.50. The molecule has 10 nitrogen and oxygen atoms in total. The van der Waals surface area contributed by atoms with Crippen LogP contribution in [0.15, 0.2) is 24.3 Å². The minimum Gasteiger partial charge on any atom is -0.494 e. The molecule has 4 atom stereocenters. The maximum atomic E-state index is 13.7. The normalized spacial score (nSPS) is 28.8. The Hall–Kier alpha value is -2.66. The first-order valence-electron chi connectivity index (χ1n) is 12.2. The van der Waals surface area contributed by atoms with Crippen molar-refractivity contribution < 1.29 is 14.3 Å². The number of benzene rings is 1. The van der Waals surface area contributed by atoms with Gasteiger partial charge in [0.2, 0.25) is 11.8 Å². The molecular weight excluding hydrogens is 466 g/mol. The standard InChI is InChI=1S/C24H33N7O3S/c1-6-7-8-13-34-15-11-9-14(10-12-15)16-20(32)31(24(4,5)25-16)17-21(33)30-18(19-26-28-29-27-19)23(2,3)35-22(17)30/h9-12,16-18,22,25H,6-8,13H2,1-5H3,(H,26,27,28,29). The number of tetrazole rings is 1. The number of ether oxygens (including phenoxy) is 1. The summed E-state index contributed by atoms with van der Waals surface area (Å²) in [6, 6.07) is 6.32. The molecule has 11 heteroatoms. The molecule has 3 fully saturated rings. The van der Waals surface area contributed by atoms with Crippen LogP contribution in [0.4, 0.5) is 0 Å². The van der Waals surface area contributed by atoms with Gasteiger partial charge in [0.05, 0.1) is 12.3 Å². The van der Waals surface area contributed by atoms with Gasteiger partial charge >= 0.3 is 0 Å². The van der Waals surface area contributed by atoms with Crippen LogP contribution < -0.4 is 10.1 Å². The number of rotatable bonds is 8. The van der Waals surface area contributed by atoms with Gasteiger partial charge in [-0.3, -0.25) is 14.9 Å². The van der Waals surface area contributed by atoms with Gasteiger partial charge < -0.3 is 14.5 Å². The van der Waals surface area contributed by atoms with E-state index in [2.05, 4.69) is 46.7 Å². The van der Waals surface area contributed by atoms with Crippen molar-refractivity contribution in [1.82, 2.24) is 35.7 Å². The number of unbranched alkanes of at least 4 members (excludes halogenated alkanes) is 2. The second-order valence-electron chi connectivity index (χ2n) is 10.4. The fraction of sp³-hybridized carbons (Fsp3) is 0.625. The van der Waals surface area contributed by atoms with Crippen molar-refractivity contribution >= 4 is 23.6 Å². The number of aromatic nitrogens is 4. The van der Waals surface area contributed by atoms with E-state index in [1.54, 1.807) is 16.7 Å². The van der Waals surface area contributed by atoms with Crippen molar-refractivity contribution in [2.75, 3.05) is 6.61 Å². The Balaban J connectivity index is 1.33. The number of hydrogen-bond acceptors (Lipinski definition) is 8. The van der Waals surface area contributed by atoms with Crippen LogP contribution in [0, 0.1) is 0 Å². The molecule has 3 aliphatic heterocycles. The molecule has 0 bridgehead atoms. The SMILES string of the molecule is CCCCCOc1ccc(C2NC(C)(C)N(C3C(=O)N4C3SC(C)(C)C4c3nn[nH]n3)C2=O)cc1. The van der Waals surface area contributed by atoms with Gasteiger partial charge in [-0.1, -0.05) is 37.1 Å². The highest BCUT2D eigenvalue weighted by atomic mass is 32.2. The maximum Gasteiger partial charge on any atom is 0.250 e. The average molecular weight is 500 g/mol. The number of amides is 2. The largest absolute Gasteiger partial charge is 0.494 e. The van der Waals surface area contributed by atoms with Crippen molar-refractivity contribution in [3.63, 3.8) is 0 Å². The quantitative estimate of drug-likeness (QED) is 0.421. The van der Waals surface area contributed by atoms with Crippen molar-refractivity contribution in [2.45, 2.75) is 87.8 Å². The number of carbonyl (C=O) groups is 2. The molecule has 0 aliphatic carbocycles. The Morgan fingerprint density at radius 2 is 1.83 bits per heavy atom. The molecule has 0 spiro atoms. The third-order valence-electron chi connectivity index (χ3n) is 7.11. The lowest BCUT2D eigenvalue weighted by molar-refractivity contribution is -0.165. The van der Waals surface area contributed by atoms with Gasteiger partial charge in [-0.05, 0) is 51.8 Å². The number of hydrogen-bond donors (Lipinski definition) is 2. The number of nitrogens with one attached hydrogen (secondary N) is 2. The molecule has 2 N–H and O–H groups in total. The summed E-state index contributed by atoms with van der Waals surface area (Å²) in [5.74, 6) is 1.12. The molecule has 188 valence electrons. The molecule has 3 saturated heterocycles. The maximum absolute atomic E-state index is 13.7. The van der Waals surface area contributed by atoms with Crippen molar-refractivity contribution in [3.05, 3.63) is 35.7 Å². The summed E-state index contributed by atoms with van der Waals surface area (Å²) in [5.41, 5.74) is 0.178. The minimum atomic E-state index is -0.682. The molecule has 0 saturated carbocycles. The van der Waals surface area contributed by atoms with Crippen LogP contribution in [0.5, 0.6) is 5.75 Å². The second-order valence-corrected chi connectivity index (χ2v) is 12.2. The lowest BCUT2D eigenvalue weighted by atomic mass is 9.93. The zero-order chi connectivity index (χ0) is 25.0. The third-order valence-corrected chi connectivity index (χ3v) is 8.67. The van der Waals surface area contributed by atoms with Crippen LogP contribution in [0.25, 0.3) is 0 Å². The zero-order valence-electron chi connectivity index (χ0n) is 20.8. The number of thioether (sulfide) groups is 1. The summed E-state index contributed by atoms with van der Waals surface area (Å²) in [5, 5.41) is 17.7. The van der Waals surface area contributed by atoms with Crippen LogP contribution in [0.3, 0.4) is 0 Å². The number of nitrogens with zero attached hydrogens (tertiary/aromatic N) is 5. The first kappa shape index (κ1) is 24.1. The summed E-state index contributed by atoms with van der Waals surface area (Å²) in [7, 11) is 0. The van der Waals surface area contributed by atoms with Crippen molar-refractivity contribution in [2.24, 2.45) is 0 Å². The van der Waals surface area contributed by atoms with E-state index in [1.165, 1.54) is 0 Å². The highest BCUT2D eigenvalue weighted by molar-refractivity contribution is 8.01. The summed E-state index contributed by atoms with van der Waals surface area (Å²) in [4.78, 5) is 30.7. The predicted molar refractivity (Wildman–Crippen MR) is 131 cm³/mol. The summed E-state index contributed by atoms with van der Waals surface area (Å²) >= 11 is 1.68. The number of β-lactam (4-membered cyclic amide) rings is 1. The average Bonchev–Trinajstić information content (AvgIpc) is 3.48. The van der Waals surface area contributed by atoms with Crippen molar-refractivity contribution in [1.29, 1.82) is 0 Å². The topological polar surface area (TPSA) is 116 Å². The molecule has 1 aromatic carbocycles. The van der Waals surface area contributed by atoms with Crippen LogP contribution in [-0.4, -0.2) is 70.7 Å². The van der Waals surface area contributed by atoms with Gasteiger partial charge in [0.15, 0.2) is 5.82 Å². The first-order chi connectivity index (χ1) is 16.7. The minimum absolute atomic E-state index is 0.0809. The summed E-state index contributed by atoms with van der Waals surface area (Å²) in [6.45, 7) is 10.9. The Morgan fingerprint density at radius 1 is 1.09 bits per heavy atom. The van der Waals surface area contributed by atoms with Crippen LogP contribution in [0.2, 0.25) is 0 Å². The fourth-order valence-electron chi connectivity index (χ4n) is 5.44. The predicted octanol–water partition coefficient (Wildman–Crippen LogP) is 2.78. The van der Waals surface area contributed by atoms with Crippen molar-refractivity contribution in [3.8, 4) is 5.75 Å². The van der Waals surface area contributed by atoms with E-state index < -0.39 is 17.7 Å². The van der Waals surface area contributed by atoms with E-state index in [-0.39, 0.29) is 28.0 Å². The van der Waals surface area contributed by atoms with Crippen LogP contribution >= 0.6 is 11.8 Å². The highest BCUT2D eigenvalue weighted by Crippen LogP contribution is 2.58. The number of fused-ring (bicyclic) bond motifs is 1. The highest BCUT2D eigenvalue weighted by Gasteiger charge is 2.67. The molecule has 1 aromatic heterocycles. The van der Waals surface area contributed by atoms with E-state index in [0.29, 0.717) is 12.4 Å². The summed E-state index contributed by atoms with van der Waals surface area (Å²) < 4.78 is 5.50. The van der Waals surface area contributed by atoms with Gasteiger partial charge in [-0.25, -0.2) is 0 Å². The molecule has 2 aromatic rings. The number of aromatic amines is 1. The van der Waals surface area contributed by atoms with Crippen LogP contribution in [0.1, 0.15) is 77.4 Å². The second kappa shape index (κ2) is 8.77. The molecular formula is C24H33N7O3S. The Kier molecular flexibility index (Phi) is 6.03. The molecule has 2 amide bonds. The molecule has 35 heavy (non-hydrogen) atoms. The molecule has 5 rings (SSSR count). The van der Waals surface area contributed by atoms with E-state index in [0.717, 1.165) is 30.6 Å². The molecule has 0 radical (unpaired) electrons. The summed E-state index contributed by atoms with van der Waals surface area (Å²) in [6.07, 6.45) is 3.33.